The molecule has 0 spiro atoms. The lowest BCUT2D eigenvalue weighted by molar-refractivity contribution is 0.0720. The average Bonchev–Trinajstić information content (AvgIpc) is 3.56. The quantitative estimate of drug-likeness (QED) is 0.522. The monoisotopic (exact) mass is 418 g/mol. The number of hydrogen-bond donors (Lipinski definition) is 1. The lowest BCUT2D eigenvalue weighted by Crippen LogP contribution is -2.31. The first-order chi connectivity index (χ1) is 15.2. The smallest absolute Gasteiger partial charge is 0.276 e. The van der Waals surface area contributed by atoms with E-state index < -0.39 is 0 Å². The van der Waals surface area contributed by atoms with Gasteiger partial charge in [-0.1, -0.05) is 17.3 Å². The molecule has 2 aromatic carbocycles. The number of fused-ring (bicyclic) bond motifs is 1. The number of amides is 1. The third-order valence-corrected chi connectivity index (χ3v) is 5.64. The summed E-state index contributed by atoms with van der Waals surface area (Å²) < 4.78 is 16.2. The molecule has 1 unspecified atom stereocenters. The standard InChI is InChI=1S/C23H22N4O4/c1-29-14-9-10-20(30-2)15(12-14)21-13-18(26-31-21)23(28)27-11-5-8-19(27)22-24-16-6-3-4-7-17(16)25-22/h3-4,6-7,9-10,12-13,19H,5,8,11H2,1-2H3,(H,24,25). The molecule has 0 saturated carbocycles. The largest absolute Gasteiger partial charge is 0.497 e. The highest BCUT2D eigenvalue weighted by atomic mass is 16.5. The second kappa shape index (κ2) is 7.79. The van der Waals surface area contributed by atoms with Gasteiger partial charge in [0.25, 0.3) is 5.91 Å². The van der Waals surface area contributed by atoms with Gasteiger partial charge < -0.3 is 23.9 Å². The Hall–Kier alpha value is -3.81. The van der Waals surface area contributed by atoms with E-state index in [9.17, 15) is 4.79 Å². The van der Waals surface area contributed by atoms with Crippen molar-refractivity contribution in [3.63, 3.8) is 0 Å². The molecule has 1 aliphatic heterocycles. The van der Waals surface area contributed by atoms with Crippen LogP contribution < -0.4 is 9.47 Å². The number of likely N-dealkylation sites (tertiary alicyclic amines) is 1. The number of carbonyl (C=O) groups excluding carboxylic acids is 1. The van der Waals surface area contributed by atoms with E-state index in [1.165, 1.54) is 0 Å². The summed E-state index contributed by atoms with van der Waals surface area (Å²) in [6.45, 7) is 0.644. The van der Waals surface area contributed by atoms with Crippen LogP contribution in [0.1, 0.15) is 35.2 Å². The third-order valence-electron chi connectivity index (χ3n) is 5.64. The Kier molecular flexibility index (Phi) is 4.82. The molecule has 4 aromatic rings. The SMILES string of the molecule is COc1ccc(OC)c(-c2cc(C(=O)N3CCCC3c3nc4ccccc4[nH]3)no2)c1. The summed E-state index contributed by atoms with van der Waals surface area (Å²) in [6.07, 6.45) is 1.75. The summed E-state index contributed by atoms with van der Waals surface area (Å²) in [4.78, 5) is 23.1. The first-order valence-corrected chi connectivity index (χ1v) is 10.1. The van der Waals surface area contributed by atoms with E-state index in [0.29, 0.717) is 29.4 Å². The molecule has 2 aromatic heterocycles. The maximum Gasteiger partial charge on any atom is 0.276 e. The summed E-state index contributed by atoms with van der Waals surface area (Å²) in [5.41, 5.74) is 2.78. The normalized spacial score (nSPS) is 16.1. The fraction of sp³-hybridized carbons (Fsp3) is 0.261. The molecule has 0 bridgehead atoms. The molecule has 0 radical (unpaired) electrons. The highest BCUT2D eigenvalue weighted by Gasteiger charge is 2.34. The van der Waals surface area contributed by atoms with Crippen LogP contribution >= 0.6 is 0 Å². The molecule has 1 saturated heterocycles. The fourth-order valence-electron chi connectivity index (χ4n) is 4.08. The Balaban J connectivity index is 1.44. The van der Waals surface area contributed by atoms with Crippen molar-refractivity contribution in [2.75, 3.05) is 20.8 Å². The van der Waals surface area contributed by atoms with Crippen LogP contribution in [0.25, 0.3) is 22.4 Å². The highest BCUT2D eigenvalue weighted by Crippen LogP contribution is 2.36. The summed E-state index contributed by atoms with van der Waals surface area (Å²) in [5, 5.41) is 4.05. The van der Waals surface area contributed by atoms with Gasteiger partial charge >= 0.3 is 0 Å². The van der Waals surface area contributed by atoms with Crippen LogP contribution in [0.5, 0.6) is 11.5 Å². The average molecular weight is 418 g/mol. The predicted molar refractivity (Wildman–Crippen MR) is 114 cm³/mol. The number of nitrogens with one attached hydrogen (secondary N) is 1. The topological polar surface area (TPSA) is 93.5 Å². The summed E-state index contributed by atoms with van der Waals surface area (Å²) in [6, 6.07) is 14.8. The van der Waals surface area contributed by atoms with Crippen molar-refractivity contribution in [2.45, 2.75) is 18.9 Å². The van der Waals surface area contributed by atoms with Crippen LogP contribution in [-0.2, 0) is 0 Å². The Morgan fingerprint density at radius 2 is 2.03 bits per heavy atom. The minimum absolute atomic E-state index is 0.119. The van der Waals surface area contributed by atoms with Gasteiger partial charge in [0.1, 0.15) is 17.3 Å². The van der Waals surface area contributed by atoms with Crippen LogP contribution in [0.2, 0.25) is 0 Å². The molecular formula is C23H22N4O4. The second-order valence-corrected chi connectivity index (χ2v) is 7.44. The molecule has 1 fully saturated rings. The van der Waals surface area contributed by atoms with Crippen LogP contribution in [0, 0.1) is 0 Å². The molecule has 8 nitrogen and oxygen atoms in total. The number of aromatic amines is 1. The summed E-state index contributed by atoms with van der Waals surface area (Å²) in [5.74, 6) is 2.32. The Labute approximate surface area is 178 Å². The number of nitrogens with zero attached hydrogens (tertiary/aromatic N) is 3. The van der Waals surface area contributed by atoms with Gasteiger partial charge in [-0.3, -0.25) is 4.79 Å². The molecule has 31 heavy (non-hydrogen) atoms. The summed E-state index contributed by atoms with van der Waals surface area (Å²) in [7, 11) is 3.17. The maximum atomic E-state index is 13.3. The van der Waals surface area contributed by atoms with Crippen molar-refractivity contribution >= 4 is 16.9 Å². The predicted octanol–water partition coefficient (Wildman–Crippen LogP) is 4.21. The molecule has 5 rings (SSSR count). The Bertz CT molecular complexity index is 1210. The van der Waals surface area contributed by atoms with Gasteiger partial charge in [-0.15, -0.1) is 0 Å². The van der Waals surface area contributed by atoms with Gasteiger partial charge in [0.2, 0.25) is 0 Å². The van der Waals surface area contributed by atoms with Crippen LogP contribution in [0.15, 0.2) is 53.1 Å². The van der Waals surface area contributed by atoms with Gasteiger partial charge in [0.15, 0.2) is 11.5 Å². The van der Waals surface area contributed by atoms with Crippen LogP contribution in [0.3, 0.4) is 0 Å². The molecule has 1 amide bonds. The van der Waals surface area contributed by atoms with Crippen molar-refractivity contribution in [2.24, 2.45) is 0 Å². The van der Waals surface area contributed by atoms with Gasteiger partial charge in [-0.05, 0) is 43.2 Å². The van der Waals surface area contributed by atoms with Crippen LogP contribution in [-0.4, -0.2) is 46.7 Å². The van der Waals surface area contributed by atoms with E-state index in [1.54, 1.807) is 38.5 Å². The Morgan fingerprint density at radius 1 is 1.16 bits per heavy atom. The molecule has 158 valence electrons. The van der Waals surface area contributed by atoms with Crippen LogP contribution in [0.4, 0.5) is 0 Å². The maximum absolute atomic E-state index is 13.3. The zero-order valence-electron chi connectivity index (χ0n) is 17.3. The number of methoxy groups -OCH3 is 2. The highest BCUT2D eigenvalue weighted by molar-refractivity contribution is 5.94. The number of rotatable bonds is 5. The van der Waals surface area contributed by atoms with Gasteiger partial charge in [-0.2, -0.15) is 0 Å². The number of carbonyl (C=O) groups is 1. The fourth-order valence-corrected chi connectivity index (χ4v) is 4.08. The number of H-pyrrole nitrogens is 1. The minimum Gasteiger partial charge on any atom is -0.497 e. The zero-order valence-corrected chi connectivity index (χ0v) is 17.3. The van der Waals surface area contributed by atoms with Crippen molar-refractivity contribution in [1.29, 1.82) is 0 Å². The number of ether oxygens (including phenoxy) is 2. The van der Waals surface area contributed by atoms with Gasteiger partial charge in [0, 0.05) is 12.6 Å². The van der Waals surface area contributed by atoms with E-state index >= 15 is 0 Å². The van der Waals surface area contributed by atoms with E-state index in [1.807, 2.05) is 29.2 Å². The third kappa shape index (κ3) is 3.39. The van der Waals surface area contributed by atoms with Gasteiger partial charge in [0.05, 0.1) is 36.9 Å². The number of imidazole rings is 1. The van der Waals surface area contributed by atoms with Crippen molar-refractivity contribution in [3.8, 4) is 22.8 Å². The van der Waals surface area contributed by atoms with Crippen molar-refractivity contribution in [1.82, 2.24) is 20.0 Å². The molecule has 8 heteroatoms. The van der Waals surface area contributed by atoms with Crippen molar-refractivity contribution < 1.29 is 18.8 Å². The molecule has 1 aliphatic rings. The van der Waals surface area contributed by atoms with E-state index in [0.717, 1.165) is 29.7 Å². The zero-order chi connectivity index (χ0) is 21.4. The number of hydrogen-bond acceptors (Lipinski definition) is 6. The lowest BCUT2D eigenvalue weighted by Gasteiger charge is -2.21. The van der Waals surface area contributed by atoms with E-state index in [-0.39, 0.29) is 17.6 Å². The Morgan fingerprint density at radius 3 is 2.84 bits per heavy atom. The number of benzene rings is 2. The molecule has 3 heterocycles. The summed E-state index contributed by atoms with van der Waals surface area (Å²) >= 11 is 0. The number of aromatic nitrogens is 3. The van der Waals surface area contributed by atoms with E-state index in [2.05, 4.69) is 10.1 Å². The second-order valence-electron chi connectivity index (χ2n) is 7.44. The first-order valence-electron chi connectivity index (χ1n) is 10.1. The molecule has 1 atom stereocenters. The number of para-hydroxylation sites is 2. The first kappa shape index (κ1) is 19.2. The van der Waals surface area contributed by atoms with Gasteiger partial charge in [-0.25, -0.2) is 4.98 Å². The molecule has 1 N–H and O–H groups in total. The molecule has 0 aliphatic carbocycles. The van der Waals surface area contributed by atoms with Crippen molar-refractivity contribution in [3.05, 3.63) is 60.0 Å². The van der Waals surface area contributed by atoms with E-state index in [4.69, 9.17) is 19.0 Å². The minimum atomic E-state index is -0.181. The lowest BCUT2D eigenvalue weighted by atomic mass is 10.1. The molecular weight excluding hydrogens is 396 g/mol.